The first-order valence-electron chi connectivity index (χ1n) is 7.33. The molecule has 22 heavy (non-hydrogen) atoms. The number of aromatic nitrogens is 1. The van der Waals surface area contributed by atoms with E-state index in [0.29, 0.717) is 5.56 Å². The topological polar surface area (TPSA) is 57.6 Å². The number of pyridine rings is 1. The van der Waals surface area contributed by atoms with E-state index in [0.717, 1.165) is 18.7 Å². The first kappa shape index (κ1) is 15.7. The van der Waals surface area contributed by atoms with Crippen molar-refractivity contribution in [3.05, 3.63) is 59.9 Å². The minimum absolute atomic E-state index is 0.274. The normalized spacial score (nSPS) is 10.6. The van der Waals surface area contributed by atoms with Gasteiger partial charge in [-0.2, -0.15) is 5.10 Å². The highest BCUT2D eigenvalue weighted by Gasteiger charge is 2.03. The van der Waals surface area contributed by atoms with Gasteiger partial charge in [-0.15, -0.1) is 0 Å². The molecule has 5 heteroatoms. The van der Waals surface area contributed by atoms with E-state index >= 15 is 0 Å². The molecule has 1 heterocycles. The maximum Gasteiger partial charge on any atom is 0.272 e. The summed E-state index contributed by atoms with van der Waals surface area (Å²) in [7, 11) is 0. The van der Waals surface area contributed by atoms with E-state index in [-0.39, 0.29) is 5.91 Å². The summed E-state index contributed by atoms with van der Waals surface area (Å²) in [6.45, 7) is 6.22. The van der Waals surface area contributed by atoms with Crippen LogP contribution in [0.15, 0.2) is 53.9 Å². The number of benzene rings is 1. The molecule has 0 bridgehead atoms. The molecule has 2 aromatic rings. The number of anilines is 1. The van der Waals surface area contributed by atoms with Gasteiger partial charge in [-0.1, -0.05) is 12.1 Å². The number of carbonyl (C=O) groups excluding carboxylic acids is 1. The Bertz CT molecular complexity index is 619. The maximum absolute atomic E-state index is 11.8. The van der Waals surface area contributed by atoms with Gasteiger partial charge in [-0.25, -0.2) is 5.43 Å². The highest BCUT2D eigenvalue weighted by molar-refractivity contribution is 5.94. The summed E-state index contributed by atoms with van der Waals surface area (Å²) in [5.74, 6) is -0.274. The van der Waals surface area contributed by atoms with Gasteiger partial charge in [-0.3, -0.25) is 9.78 Å². The SMILES string of the molecule is CCN(CC)c1ccc(C=NNC(=O)c2cccnc2)cc1. The molecule has 1 N–H and O–H groups in total. The molecule has 1 aromatic carbocycles. The van der Waals surface area contributed by atoms with Crippen molar-refractivity contribution in [2.24, 2.45) is 5.10 Å². The third-order valence-electron chi connectivity index (χ3n) is 3.33. The van der Waals surface area contributed by atoms with Crippen molar-refractivity contribution < 1.29 is 4.79 Å². The summed E-state index contributed by atoms with van der Waals surface area (Å²) >= 11 is 0. The molecule has 114 valence electrons. The van der Waals surface area contributed by atoms with E-state index in [2.05, 4.69) is 46.4 Å². The molecule has 1 amide bonds. The summed E-state index contributed by atoms with van der Waals surface area (Å²) in [5, 5.41) is 3.97. The monoisotopic (exact) mass is 296 g/mol. The van der Waals surface area contributed by atoms with Crippen LogP contribution in [0.2, 0.25) is 0 Å². The van der Waals surface area contributed by atoms with Gasteiger partial charge >= 0.3 is 0 Å². The van der Waals surface area contributed by atoms with Gasteiger partial charge < -0.3 is 4.90 Å². The molecular weight excluding hydrogens is 276 g/mol. The molecule has 0 saturated carbocycles. The fraction of sp³-hybridized carbons (Fsp3) is 0.235. The number of carbonyl (C=O) groups is 1. The zero-order valence-electron chi connectivity index (χ0n) is 12.9. The second kappa shape index (κ2) is 7.93. The standard InChI is InChI=1S/C17H20N4O/c1-3-21(4-2)16-9-7-14(8-10-16)12-19-20-17(22)15-6-5-11-18-13-15/h5-13H,3-4H2,1-2H3,(H,20,22). The molecule has 0 saturated heterocycles. The Labute approximate surface area is 130 Å². The Morgan fingerprint density at radius 2 is 1.95 bits per heavy atom. The highest BCUT2D eigenvalue weighted by Crippen LogP contribution is 2.13. The van der Waals surface area contributed by atoms with E-state index in [4.69, 9.17) is 0 Å². The van der Waals surface area contributed by atoms with Gasteiger partial charge in [0.15, 0.2) is 0 Å². The Hall–Kier alpha value is -2.69. The van der Waals surface area contributed by atoms with Gasteiger partial charge in [0.05, 0.1) is 11.8 Å². The molecular formula is C17H20N4O. The molecule has 2 rings (SSSR count). The summed E-state index contributed by atoms with van der Waals surface area (Å²) in [5.41, 5.74) is 5.08. The van der Waals surface area contributed by atoms with E-state index in [1.54, 1.807) is 24.5 Å². The van der Waals surface area contributed by atoms with Crippen LogP contribution >= 0.6 is 0 Å². The number of hydrogen-bond donors (Lipinski definition) is 1. The van der Waals surface area contributed by atoms with Gasteiger partial charge in [0.2, 0.25) is 0 Å². The quantitative estimate of drug-likeness (QED) is 0.658. The zero-order valence-corrected chi connectivity index (χ0v) is 12.9. The minimum Gasteiger partial charge on any atom is -0.372 e. The Morgan fingerprint density at radius 1 is 1.23 bits per heavy atom. The molecule has 0 atom stereocenters. The molecule has 0 aliphatic rings. The molecule has 0 unspecified atom stereocenters. The van der Waals surface area contributed by atoms with Crippen LogP contribution in [0.1, 0.15) is 29.8 Å². The fourth-order valence-corrected chi connectivity index (χ4v) is 2.09. The molecule has 5 nitrogen and oxygen atoms in total. The smallest absolute Gasteiger partial charge is 0.272 e. The lowest BCUT2D eigenvalue weighted by Crippen LogP contribution is -2.21. The predicted molar refractivity (Wildman–Crippen MR) is 89.3 cm³/mol. The van der Waals surface area contributed by atoms with Crippen LogP contribution in [-0.2, 0) is 0 Å². The summed E-state index contributed by atoms with van der Waals surface area (Å²) in [6.07, 6.45) is 4.75. The molecule has 0 fully saturated rings. The first-order valence-corrected chi connectivity index (χ1v) is 7.33. The van der Waals surface area contributed by atoms with Crippen LogP contribution in [0.3, 0.4) is 0 Å². The first-order chi connectivity index (χ1) is 10.7. The summed E-state index contributed by atoms with van der Waals surface area (Å²) in [6, 6.07) is 11.5. The van der Waals surface area contributed by atoms with Crippen molar-refractivity contribution in [1.82, 2.24) is 10.4 Å². The van der Waals surface area contributed by atoms with E-state index < -0.39 is 0 Å². The zero-order chi connectivity index (χ0) is 15.8. The maximum atomic E-state index is 11.8. The Morgan fingerprint density at radius 3 is 2.55 bits per heavy atom. The predicted octanol–water partition coefficient (Wildman–Crippen LogP) is 2.69. The molecule has 0 spiro atoms. The number of rotatable bonds is 6. The number of nitrogens with one attached hydrogen (secondary N) is 1. The van der Waals surface area contributed by atoms with Crippen LogP contribution in [0.4, 0.5) is 5.69 Å². The van der Waals surface area contributed by atoms with Crippen LogP contribution in [0, 0.1) is 0 Å². The van der Waals surface area contributed by atoms with E-state index in [1.807, 2.05) is 12.1 Å². The number of hydrazone groups is 1. The van der Waals surface area contributed by atoms with Crippen LogP contribution < -0.4 is 10.3 Å². The van der Waals surface area contributed by atoms with Crippen molar-refractivity contribution in [3.63, 3.8) is 0 Å². The third-order valence-corrected chi connectivity index (χ3v) is 3.33. The van der Waals surface area contributed by atoms with Crippen LogP contribution in [-0.4, -0.2) is 30.2 Å². The average molecular weight is 296 g/mol. The highest BCUT2D eigenvalue weighted by atomic mass is 16.2. The van der Waals surface area contributed by atoms with Gasteiger partial charge in [-0.05, 0) is 43.7 Å². The minimum atomic E-state index is -0.274. The van der Waals surface area contributed by atoms with Crippen molar-refractivity contribution in [3.8, 4) is 0 Å². The fourth-order valence-electron chi connectivity index (χ4n) is 2.09. The van der Waals surface area contributed by atoms with Gasteiger partial charge in [0, 0.05) is 31.2 Å². The van der Waals surface area contributed by atoms with Crippen molar-refractivity contribution in [1.29, 1.82) is 0 Å². The largest absolute Gasteiger partial charge is 0.372 e. The molecule has 0 aliphatic carbocycles. The third kappa shape index (κ3) is 4.15. The molecule has 0 radical (unpaired) electrons. The number of nitrogens with zero attached hydrogens (tertiary/aromatic N) is 3. The second-order valence-electron chi connectivity index (χ2n) is 4.70. The van der Waals surface area contributed by atoms with Crippen molar-refractivity contribution in [2.45, 2.75) is 13.8 Å². The Balaban J connectivity index is 1.95. The van der Waals surface area contributed by atoms with Crippen molar-refractivity contribution >= 4 is 17.8 Å². The number of amides is 1. The molecule has 1 aromatic heterocycles. The molecule has 0 aliphatic heterocycles. The number of hydrogen-bond acceptors (Lipinski definition) is 4. The van der Waals surface area contributed by atoms with Crippen LogP contribution in [0.5, 0.6) is 0 Å². The van der Waals surface area contributed by atoms with Gasteiger partial charge in [0.25, 0.3) is 5.91 Å². The van der Waals surface area contributed by atoms with Crippen LogP contribution in [0.25, 0.3) is 0 Å². The lowest BCUT2D eigenvalue weighted by atomic mass is 10.2. The van der Waals surface area contributed by atoms with Crippen molar-refractivity contribution in [2.75, 3.05) is 18.0 Å². The van der Waals surface area contributed by atoms with E-state index in [9.17, 15) is 4.79 Å². The Kier molecular flexibility index (Phi) is 5.65. The summed E-state index contributed by atoms with van der Waals surface area (Å²) in [4.78, 5) is 18.0. The lowest BCUT2D eigenvalue weighted by molar-refractivity contribution is 0.0955. The average Bonchev–Trinajstić information content (AvgIpc) is 2.58. The summed E-state index contributed by atoms with van der Waals surface area (Å²) < 4.78 is 0. The lowest BCUT2D eigenvalue weighted by Gasteiger charge is -2.20. The second-order valence-corrected chi connectivity index (χ2v) is 4.70. The van der Waals surface area contributed by atoms with E-state index in [1.165, 1.54) is 11.9 Å². The van der Waals surface area contributed by atoms with Gasteiger partial charge in [0.1, 0.15) is 0 Å².